The van der Waals surface area contributed by atoms with Gasteiger partial charge >= 0.3 is 0 Å². The van der Waals surface area contributed by atoms with E-state index in [4.69, 9.17) is 0 Å². The van der Waals surface area contributed by atoms with Gasteiger partial charge in [0.05, 0.1) is 0 Å². The molecule has 0 unspecified atom stereocenters. The van der Waals surface area contributed by atoms with Crippen molar-refractivity contribution < 1.29 is 0 Å². The van der Waals surface area contributed by atoms with Crippen molar-refractivity contribution in [2.75, 3.05) is 18.0 Å². The van der Waals surface area contributed by atoms with E-state index in [1.807, 2.05) is 7.05 Å². The third-order valence-electron chi connectivity index (χ3n) is 2.07. The lowest BCUT2D eigenvalue weighted by Gasteiger charge is -2.25. The average molecular weight is 166 g/mol. The summed E-state index contributed by atoms with van der Waals surface area (Å²) in [4.78, 5) is 2.18. The van der Waals surface area contributed by atoms with E-state index in [-0.39, 0.29) is 0 Å². The van der Waals surface area contributed by atoms with Crippen LogP contribution in [0.25, 0.3) is 0 Å². The van der Waals surface area contributed by atoms with Gasteiger partial charge in [-0.3, -0.25) is 0 Å². The molecule has 1 aromatic heterocycles. The largest absolute Gasteiger partial charge is 0.339 e. The molecule has 0 aliphatic carbocycles. The van der Waals surface area contributed by atoms with E-state index in [1.165, 1.54) is 12.8 Å². The van der Waals surface area contributed by atoms with Crippen molar-refractivity contribution in [3.63, 3.8) is 0 Å². The van der Waals surface area contributed by atoms with Gasteiger partial charge in [0.2, 0.25) is 5.95 Å². The van der Waals surface area contributed by atoms with E-state index in [9.17, 15) is 0 Å². The Morgan fingerprint density at radius 2 is 2.42 bits per heavy atom. The molecule has 5 nitrogen and oxygen atoms in total. The summed E-state index contributed by atoms with van der Waals surface area (Å²) in [6.45, 7) is 2.03. The summed E-state index contributed by atoms with van der Waals surface area (Å²) in [5, 5.41) is 11.3. The van der Waals surface area contributed by atoms with Gasteiger partial charge in [-0.25, -0.2) is 4.68 Å². The molecular formula is C7H12N5. The van der Waals surface area contributed by atoms with E-state index in [1.54, 1.807) is 4.68 Å². The number of tetrazole rings is 1. The maximum atomic E-state index is 3.95. The van der Waals surface area contributed by atoms with Crippen molar-refractivity contribution in [2.45, 2.75) is 12.8 Å². The topological polar surface area (TPSA) is 46.8 Å². The van der Waals surface area contributed by atoms with E-state index in [0.717, 1.165) is 19.0 Å². The van der Waals surface area contributed by atoms with Crippen LogP contribution in [0.1, 0.15) is 12.8 Å². The zero-order valence-corrected chi connectivity index (χ0v) is 7.14. The first-order valence-corrected chi connectivity index (χ1v) is 4.17. The Labute approximate surface area is 71.4 Å². The molecule has 0 bridgehead atoms. The molecule has 0 aromatic carbocycles. The molecule has 1 aliphatic heterocycles. The minimum Gasteiger partial charge on any atom is -0.339 e. The second kappa shape index (κ2) is 3.08. The molecule has 0 saturated carbocycles. The van der Waals surface area contributed by atoms with Crippen LogP contribution in [-0.4, -0.2) is 33.3 Å². The van der Waals surface area contributed by atoms with Crippen LogP contribution in [0.4, 0.5) is 5.95 Å². The summed E-state index contributed by atoms with van der Waals surface area (Å²) < 4.78 is 1.71. The monoisotopic (exact) mass is 166 g/mol. The zero-order chi connectivity index (χ0) is 8.39. The van der Waals surface area contributed by atoms with Gasteiger partial charge in [0.1, 0.15) is 0 Å². The summed E-state index contributed by atoms with van der Waals surface area (Å²) in [6, 6.07) is 0. The summed E-state index contributed by atoms with van der Waals surface area (Å²) in [5.74, 6) is 0.867. The molecule has 0 atom stereocenters. The van der Waals surface area contributed by atoms with Crippen molar-refractivity contribution in [1.29, 1.82) is 0 Å². The molecule has 1 fully saturated rings. The molecule has 1 aliphatic rings. The first-order chi connectivity index (χ1) is 5.88. The van der Waals surface area contributed by atoms with Gasteiger partial charge in [-0.2, -0.15) is 0 Å². The van der Waals surface area contributed by atoms with Crippen molar-refractivity contribution in [2.24, 2.45) is 7.05 Å². The van der Waals surface area contributed by atoms with E-state index >= 15 is 0 Å². The minimum atomic E-state index is 0.867. The zero-order valence-electron chi connectivity index (χ0n) is 7.14. The number of hydrogen-bond donors (Lipinski definition) is 0. The lowest BCUT2D eigenvalue weighted by molar-refractivity contribution is 0.629. The van der Waals surface area contributed by atoms with Crippen molar-refractivity contribution in [3.8, 4) is 0 Å². The number of nitrogens with zero attached hydrogens (tertiary/aromatic N) is 5. The van der Waals surface area contributed by atoms with Crippen molar-refractivity contribution in [1.82, 2.24) is 20.2 Å². The summed E-state index contributed by atoms with van der Waals surface area (Å²) in [7, 11) is 1.87. The van der Waals surface area contributed by atoms with Gasteiger partial charge < -0.3 is 4.90 Å². The Hall–Kier alpha value is -1.13. The number of hydrogen-bond acceptors (Lipinski definition) is 4. The van der Waals surface area contributed by atoms with Crippen LogP contribution in [0.3, 0.4) is 0 Å². The second-order valence-corrected chi connectivity index (χ2v) is 2.98. The standard InChI is InChI=1S/C7H12N5/c1-11-7(8-9-10-11)12-5-3-2-4-6-12/h3H,2,4-6H2,1H3. The lowest BCUT2D eigenvalue weighted by atomic mass is 10.1. The molecule has 65 valence electrons. The van der Waals surface area contributed by atoms with E-state index < -0.39 is 0 Å². The molecule has 0 spiro atoms. The third kappa shape index (κ3) is 1.26. The summed E-state index contributed by atoms with van der Waals surface area (Å²) in [5.41, 5.74) is 0. The Balaban J connectivity index is 2.13. The maximum absolute atomic E-state index is 3.95. The number of anilines is 1. The molecule has 1 radical (unpaired) electrons. The Morgan fingerprint density at radius 3 is 3.00 bits per heavy atom. The number of aryl methyl sites for hydroxylation is 1. The average Bonchev–Trinajstić information content (AvgIpc) is 2.53. The number of piperidine rings is 1. The Bertz CT molecular complexity index is 250. The quantitative estimate of drug-likeness (QED) is 0.590. The first kappa shape index (κ1) is 7.52. The predicted molar refractivity (Wildman–Crippen MR) is 44.5 cm³/mol. The predicted octanol–water partition coefficient (Wildman–Crippen LogP) is 0.0146. The summed E-state index contributed by atoms with van der Waals surface area (Å²) >= 11 is 0. The van der Waals surface area contributed by atoms with Crippen LogP contribution in [0.2, 0.25) is 0 Å². The van der Waals surface area contributed by atoms with Gasteiger partial charge in [0.25, 0.3) is 0 Å². The van der Waals surface area contributed by atoms with Crippen molar-refractivity contribution >= 4 is 5.95 Å². The second-order valence-electron chi connectivity index (χ2n) is 2.98. The minimum absolute atomic E-state index is 0.867. The molecule has 0 amide bonds. The van der Waals surface area contributed by atoms with Crippen LogP contribution in [0, 0.1) is 6.42 Å². The third-order valence-corrected chi connectivity index (χ3v) is 2.07. The van der Waals surface area contributed by atoms with Gasteiger partial charge in [-0.15, -0.1) is 0 Å². The Kier molecular flexibility index (Phi) is 1.93. The Morgan fingerprint density at radius 1 is 1.50 bits per heavy atom. The van der Waals surface area contributed by atoms with Crippen LogP contribution in [0.5, 0.6) is 0 Å². The maximum Gasteiger partial charge on any atom is 0.245 e. The summed E-state index contributed by atoms with van der Waals surface area (Å²) in [6.07, 6.45) is 4.67. The van der Waals surface area contributed by atoms with E-state index in [0.29, 0.717) is 0 Å². The smallest absolute Gasteiger partial charge is 0.245 e. The molecule has 1 aromatic rings. The molecule has 1 saturated heterocycles. The lowest BCUT2D eigenvalue weighted by Crippen LogP contribution is -2.32. The fourth-order valence-corrected chi connectivity index (χ4v) is 1.44. The highest BCUT2D eigenvalue weighted by Crippen LogP contribution is 2.14. The highest BCUT2D eigenvalue weighted by Gasteiger charge is 2.15. The fourth-order valence-electron chi connectivity index (χ4n) is 1.44. The molecule has 0 N–H and O–H groups in total. The van der Waals surface area contributed by atoms with Gasteiger partial charge in [0.15, 0.2) is 0 Å². The fraction of sp³-hybridized carbons (Fsp3) is 0.714. The first-order valence-electron chi connectivity index (χ1n) is 4.17. The van der Waals surface area contributed by atoms with Crippen LogP contribution < -0.4 is 4.90 Å². The molecular weight excluding hydrogens is 154 g/mol. The number of rotatable bonds is 1. The van der Waals surface area contributed by atoms with Crippen LogP contribution in [-0.2, 0) is 7.05 Å². The van der Waals surface area contributed by atoms with Gasteiger partial charge in [-0.1, -0.05) is 5.10 Å². The van der Waals surface area contributed by atoms with E-state index in [2.05, 4.69) is 26.8 Å². The SMILES string of the molecule is Cn1nnnc1N1C[CH]CCC1. The van der Waals surface area contributed by atoms with Crippen LogP contribution >= 0.6 is 0 Å². The van der Waals surface area contributed by atoms with Crippen molar-refractivity contribution in [3.05, 3.63) is 6.42 Å². The molecule has 5 heteroatoms. The molecule has 12 heavy (non-hydrogen) atoms. The van der Waals surface area contributed by atoms with Crippen LogP contribution in [0.15, 0.2) is 0 Å². The highest BCUT2D eigenvalue weighted by molar-refractivity contribution is 5.29. The van der Waals surface area contributed by atoms with Gasteiger partial charge in [0, 0.05) is 20.1 Å². The number of aromatic nitrogens is 4. The van der Waals surface area contributed by atoms with Gasteiger partial charge in [-0.05, 0) is 29.7 Å². The highest BCUT2D eigenvalue weighted by atomic mass is 15.6. The molecule has 2 heterocycles. The normalized spacial score (nSPS) is 18.2. The molecule has 2 rings (SSSR count).